The minimum Gasteiger partial charge on any atom is -0.357 e. The van der Waals surface area contributed by atoms with Crippen molar-refractivity contribution in [1.29, 1.82) is 0 Å². The topological polar surface area (TPSA) is 49.3 Å². The normalized spacial score (nSPS) is 23.6. The lowest BCUT2D eigenvalue weighted by Gasteiger charge is -2.10. The number of hydrogen-bond donors (Lipinski definition) is 2. The Bertz CT molecular complexity index is 399. The van der Waals surface area contributed by atoms with Crippen LogP contribution in [0.25, 0.3) is 0 Å². The molecule has 5 heteroatoms. The van der Waals surface area contributed by atoms with Crippen LogP contribution in [0.5, 0.6) is 0 Å². The van der Waals surface area contributed by atoms with Crippen molar-refractivity contribution in [2.24, 2.45) is 10.9 Å². The van der Waals surface area contributed by atoms with Gasteiger partial charge < -0.3 is 10.6 Å². The summed E-state index contributed by atoms with van der Waals surface area (Å²) in [5.74, 6) is 1.71. The first-order valence-electron chi connectivity index (χ1n) is 6.14. The first-order valence-corrected chi connectivity index (χ1v) is 7.02. The summed E-state index contributed by atoms with van der Waals surface area (Å²) in [6.07, 6.45) is 1.25. The van der Waals surface area contributed by atoms with Gasteiger partial charge in [0.1, 0.15) is 0 Å². The van der Waals surface area contributed by atoms with Crippen LogP contribution >= 0.6 is 11.3 Å². The number of guanidine groups is 1. The molecule has 0 radical (unpaired) electrons. The third-order valence-electron chi connectivity index (χ3n) is 3.00. The molecule has 2 rings (SSSR count). The van der Waals surface area contributed by atoms with Gasteiger partial charge in [-0.25, -0.2) is 9.98 Å². The Morgan fingerprint density at radius 1 is 1.65 bits per heavy atom. The molecule has 1 fully saturated rings. The molecule has 4 nitrogen and oxygen atoms in total. The second-order valence-corrected chi connectivity index (χ2v) is 5.46. The zero-order chi connectivity index (χ0) is 12.3. The summed E-state index contributed by atoms with van der Waals surface area (Å²) in [6.45, 7) is 7.99. The number of aromatic nitrogens is 1. The first kappa shape index (κ1) is 12.4. The summed E-state index contributed by atoms with van der Waals surface area (Å²) in [6, 6.07) is 0.607. The van der Waals surface area contributed by atoms with Crippen molar-refractivity contribution in [1.82, 2.24) is 15.6 Å². The van der Waals surface area contributed by atoms with Crippen molar-refractivity contribution < 1.29 is 0 Å². The largest absolute Gasteiger partial charge is 0.357 e. The number of rotatable bonds is 4. The predicted molar refractivity (Wildman–Crippen MR) is 72.4 cm³/mol. The highest BCUT2D eigenvalue weighted by Crippen LogP contribution is 2.28. The molecular weight excluding hydrogens is 232 g/mol. The molecule has 1 aliphatic carbocycles. The van der Waals surface area contributed by atoms with Crippen LogP contribution in [-0.2, 0) is 6.54 Å². The monoisotopic (exact) mass is 252 g/mol. The van der Waals surface area contributed by atoms with Gasteiger partial charge in [-0.1, -0.05) is 6.92 Å². The van der Waals surface area contributed by atoms with E-state index in [0.717, 1.165) is 24.1 Å². The minimum atomic E-state index is 0.607. The number of nitrogens with one attached hydrogen (secondary N) is 2. The Morgan fingerprint density at radius 2 is 2.41 bits per heavy atom. The van der Waals surface area contributed by atoms with Crippen LogP contribution in [0.3, 0.4) is 0 Å². The molecule has 0 aliphatic heterocycles. The van der Waals surface area contributed by atoms with E-state index < -0.39 is 0 Å². The zero-order valence-corrected chi connectivity index (χ0v) is 11.5. The van der Waals surface area contributed by atoms with Gasteiger partial charge in [0.05, 0.1) is 17.7 Å². The fourth-order valence-corrected chi connectivity index (χ4v) is 2.35. The lowest BCUT2D eigenvalue weighted by Crippen LogP contribution is -2.39. The fraction of sp³-hybridized carbons (Fsp3) is 0.667. The van der Waals surface area contributed by atoms with Crippen LogP contribution in [0, 0.1) is 12.8 Å². The van der Waals surface area contributed by atoms with Crippen LogP contribution < -0.4 is 10.6 Å². The molecule has 0 aromatic carbocycles. The van der Waals surface area contributed by atoms with Gasteiger partial charge in [-0.3, -0.25) is 0 Å². The van der Waals surface area contributed by atoms with Crippen molar-refractivity contribution in [3.05, 3.63) is 16.1 Å². The van der Waals surface area contributed by atoms with Crippen molar-refractivity contribution in [2.45, 2.75) is 39.8 Å². The molecule has 0 bridgehead atoms. The number of hydrogen-bond acceptors (Lipinski definition) is 3. The number of aliphatic imine (C=N–C) groups is 1. The van der Waals surface area contributed by atoms with E-state index in [1.165, 1.54) is 11.3 Å². The third kappa shape index (κ3) is 3.43. The maximum Gasteiger partial charge on any atom is 0.191 e. The first-order chi connectivity index (χ1) is 8.20. The fourth-order valence-electron chi connectivity index (χ4n) is 1.65. The lowest BCUT2D eigenvalue weighted by molar-refractivity contribution is 0.767. The van der Waals surface area contributed by atoms with Crippen LogP contribution in [0.15, 0.2) is 10.5 Å². The lowest BCUT2D eigenvalue weighted by atomic mass is 10.4. The van der Waals surface area contributed by atoms with Gasteiger partial charge in [-0.05, 0) is 26.2 Å². The molecule has 1 aromatic heterocycles. The summed E-state index contributed by atoms with van der Waals surface area (Å²) < 4.78 is 0. The van der Waals surface area contributed by atoms with Gasteiger partial charge >= 0.3 is 0 Å². The van der Waals surface area contributed by atoms with Gasteiger partial charge in [0.15, 0.2) is 5.96 Å². The van der Waals surface area contributed by atoms with Crippen LogP contribution in [-0.4, -0.2) is 23.5 Å². The second kappa shape index (κ2) is 5.49. The maximum absolute atomic E-state index is 4.60. The standard InChI is InChI=1S/C12H20N4S/c1-4-13-12(16-10-5-8(10)2)14-6-11-9(3)15-7-17-11/h7-8,10H,4-6H2,1-3H3,(H2,13,14,16). The van der Waals surface area contributed by atoms with Gasteiger partial charge in [0.2, 0.25) is 0 Å². The van der Waals surface area contributed by atoms with E-state index in [9.17, 15) is 0 Å². The van der Waals surface area contributed by atoms with E-state index in [-0.39, 0.29) is 0 Å². The molecule has 1 heterocycles. The van der Waals surface area contributed by atoms with Crippen LogP contribution in [0.4, 0.5) is 0 Å². The average Bonchev–Trinajstić information content (AvgIpc) is 2.83. The molecule has 2 N–H and O–H groups in total. The van der Waals surface area contributed by atoms with E-state index in [1.54, 1.807) is 11.3 Å². The van der Waals surface area contributed by atoms with Crippen molar-refractivity contribution in [3.63, 3.8) is 0 Å². The average molecular weight is 252 g/mol. The van der Waals surface area contributed by atoms with Gasteiger partial charge in [-0.2, -0.15) is 0 Å². The molecule has 0 amide bonds. The Hall–Kier alpha value is -1.10. The number of nitrogens with zero attached hydrogens (tertiary/aromatic N) is 2. The quantitative estimate of drug-likeness (QED) is 0.636. The second-order valence-electron chi connectivity index (χ2n) is 4.52. The highest BCUT2D eigenvalue weighted by molar-refractivity contribution is 7.09. The Balaban J connectivity index is 1.92. The highest BCUT2D eigenvalue weighted by atomic mass is 32.1. The molecule has 0 spiro atoms. The molecule has 0 saturated heterocycles. The van der Waals surface area contributed by atoms with Crippen molar-refractivity contribution >= 4 is 17.3 Å². The summed E-state index contributed by atoms with van der Waals surface area (Å²) >= 11 is 1.67. The van der Waals surface area contributed by atoms with Gasteiger partial charge in [0, 0.05) is 17.5 Å². The predicted octanol–water partition coefficient (Wildman–Crippen LogP) is 1.92. The Kier molecular flexibility index (Phi) is 3.99. The van der Waals surface area contributed by atoms with E-state index in [4.69, 9.17) is 0 Å². The molecule has 1 aliphatic rings. The Morgan fingerprint density at radius 3 is 2.94 bits per heavy atom. The maximum atomic E-state index is 4.60. The van der Waals surface area contributed by atoms with E-state index >= 15 is 0 Å². The van der Waals surface area contributed by atoms with Gasteiger partial charge in [0.25, 0.3) is 0 Å². The molecule has 94 valence electrons. The SMILES string of the molecule is CCNC(=NCc1scnc1C)NC1CC1C. The number of thiazole rings is 1. The van der Waals surface area contributed by atoms with Crippen molar-refractivity contribution in [3.8, 4) is 0 Å². The van der Waals surface area contributed by atoms with Crippen molar-refractivity contribution in [2.75, 3.05) is 6.54 Å². The zero-order valence-electron chi connectivity index (χ0n) is 10.7. The summed E-state index contributed by atoms with van der Waals surface area (Å²) in [4.78, 5) is 10.1. The Labute approximate surface area is 107 Å². The third-order valence-corrected chi connectivity index (χ3v) is 3.92. The molecule has 1 aromatic rings. The van der Waals surface area contributed by atoms with E-state index in [0.29, 0.717) is 12.6 Å². The number of aryl methyl sites for hydroxylation is 1. The minimum absolute atomic E-state index is 0.607. The molecule has 2 unspecified atom stereocenters. The van der Waals surface area contributed by atoms with Gasteiger partial charge in [-0.15, -0.1) is 11.3 Å². The molecule has 17 heavy (non-hydrogen) atoms. The van der Waals surface area contributed by atoms with E-state index in [1.807, 2.05) is 12.4 Å². The molecule has 1 saturated carbocycles. The van der Waals surface area contributed by atoms with Crippen LogP contribution in [0.1, 0.15) is 30.8 Å². The molecule has 2 atom stereocenters. The summed E-state index contributed by atoms with van der Waals surface area (Å²) in [7, 11) is 0. The summed E-state index contributed by atoms with van der Waals surface area (Å²) in [5, 5.41) is 6.73. The van der Waals surface area contributed by atoms with E-state index in [2.05, 4.69) is 34.5 Å². The summed E-state index contributed by atoms with van der Waals surface area (Å²) in [5.41, 5.74) is 2.97. The highest BCUT2D eigenvalue weighted by Gasteiger charge is 2.33. The smallest absolute Gasteiger partial charge is 0.191 e. The van der Waals surface area contributed by atoms with Crippen LogP contribution in [0.2, 0.25) is 0 Å². The molecular formula is C12H20N4S.